The van der Waals surface area contributed by atoms with Crippen LogP contribution in [0.15, 0.2) is 42.5 Å². The molecule has 4 rings (SSSR count). The topological polar surface area (TPSA) is 126 Å². The Morgan fingerprint density at radius 3 is 2.20 bits per heavy atom. The Balaban J connectivity index is 1.87. The van der Waals surface area contributed by atoms with Crippen LogP contribution < -0.4 is 15.4 Å². The van der Waals surface area contributed by atoms with Crippen molar-refractivity contribution >= 4 is 22.7 Å². The first kappa shape index (κ1) is 33.1. The molecule has 0 bridgehead atoms. The first-order chi connectivity index (χ1) is 20.9. The lowest BCUT2D eigenvalue weighted by molar-refractivity contribution is -0.266. The highest BCUT2D eigenvalue weighted by atomic mass is 19.4. The molecule has 45 heavy (non-hydrogen) atoms. The van der Waals surface area contributed by atoms with Crippen LogP contribution in [-0.4, -0.2) is 51.9 Å². The molecule has 9 nitrogen and oxygen atoms in total. The van der Waals surface area contributed by atoms with Crippen LogP contribution in [0.25, 0.3) is 22.2 Å². The van der Waals surface area contributed by atoms with Crippen molar-refractivity contribution in [3.8, 4) is 17.0 Å². The number of carbonyl (C=O) groups is 2. The fourth-order valence-electron chi connectivity index (χ4n) is 4.81. The predicted molar refractivity (Wildman–Crippen MR) is 150 cm³/mol. The second-order valence-electron chi connectivity index (χ2n) is 10.8. The molecule has 0 saturated carbocycles. The number of carbonyl (C=O) groups excluding carboxylic acids is 2. The largest absolute Gasteiger partial charge is 0.494 e. The number of nitrogens with one attached hydrogen (secondary N) is 2. The molecule has 0 saturated heterocycles. The number of aliphatic hydroxyl groups is 1. The molecule has 2 amide bonds. The summed E-state index contributed by atoms with van der Waals surface area (Å²) in [6.07, 6.45) is -5.69. The quantitative estimate of drug-likeness (QED) is 0.233. The Labute approximate surface area is 252 Å². The van der Waals surface area contributed by atoms with E-state index in [0.29, 0.717) is 11.1 Å². The summed E-state index contributed by atoms with van der Waals surface area (Å²) >= 11 is 0. The van der Waals surface area contributed by atoms with Gasteiger partial charge in [0.15, 0.2) is 11.6 Å². The number of amides is 2. The van der Waals surface area contributed by atoms with Gasteiger partial charge in [0.05, 0.1) is 30.5 Å². The zero-order valence-electron chi connectivity index (χ0n) is 24.5. The van der Waals surface area contributed by atoms with Crippen molar-refractivity contribution < 1.29 is 45.8 Å². The van der Waals surface area contributed by atoms with Crippen LogP contribution in [0.5, 0.6) is 5.75 Å². The van der Waals surface area contributed by atoms with Crippen molar-refractivity contribution in [3.05, 3.63) is 82.4 Å². The number of hydrogen-bond acceptors (Lipinski definition) is 7. The molecule has 0 spiro atoms. The summed E-state index contributed by atoms with van der Waals surface area (Å²) in [5.41, 5.74) is -9.52. The van der Waals surface area contributed by atoms with E-state index in [0.717, 1.165) is 45.0 Å². The summed E-state index contributed by atoms with van der Waals surface area (Å²) in [5.74, 6) is -5.96. The van der Waals surface area contributed by atoms with Gasteiger partial charge in [0.2, 0.25) is 11.5 Å². The van der Waals surface area contributed by atoms with Gasteiger partial charge < -0.3 is 20.5 Å². The molecule has 1 unspecified atom stereocenters. The van der Waals surface area contributed by atoms with Gasteiger partial charge >= 0.3 is 6.18 Å². The number of methoxy groups -OCH3 is 1. The Morgan fingerprint density at radius 1 is 0.978 bits per heavy atom. The highest BCUT2D eigenvalue weighted by Gasteiger charge is 2.58. The first-order valence-corrected chi connectivity index (χ1v) is 13.2. The average Bonchev–Trinajstić information content (AvgIpc) is 2.94. The van der Waals surface area contributed by atoms with Gasteiger partial charge in [-0.25, -0.2) is 18.2 Å². The van der Waals surface area contributed by atoms with Crippen LogP contribution in [0.3, 0.4) is 0 Å². The van der Waals surface area contributed by atoms with Crippen LogP contribution in [-0.2, 0) is 15.9 Å². The number of fused-ring (bicyclic) bond motifs is 1. The van der Waals surface area contributed by atoms with E-state index < -0.39 is 70.1 Å². The molecule has 0 aliphatic heterocycles. The number of nitrogens with zero attached hydrogens (tertiary/aromatic N) is 3. The van der Waals surface area contributed by atoms with Crippen LogP contribution in [0.1, 0.15) is 48.1 Å². The molecule has 4 aromatic rings. The Bertz CT molecular complexity index is 1800. The van der Waals surface area contributed by atoms with Crippen LogP contribution in [0.2, 0.25) is 0 Å². The third kappa shape index (κ3) is 6.38. The molecule has 0 radical (unpaired) electrons. The summed E-state index contributed by atoms with van der Waals surface area (Å²) in [6.45, 7) is 3.24. The van der Waals surface area contributed by atoms with Crippen molar-refractivity contribution in [1.82, 2.24) is 25.8 Å². The lowest BCUT2D eigenvalue weighted by Crippen LogP contribution is -2.53. The first-order valence-electron chi connectivity index (χ1n) is 13.2. The molecule has 2 aromatic carbocycles. The van der Waals surface area contributed by atoms with Gasteiger partial charge in [0, 0.05) is 23.4 Å². The van der Waals surface area contributed by atoms with Crippen molar-refractivity contribution in [2.45, 2.75) is 45.0 Å². The maximum Gasteiger partial charge on any atom is 0.424 e. The third-order valence-electron chi connectivity index (χ3n) is 6.93. The molecule has 2 heterocycles. The Hall–Kier alpha value is -4.79. The van der Waals surface area contributed by atoms with Crippen LogP contribution in [0.4, 0.5) is 26.3 Å². The van der Waals surface area contributed by atoms with E-state index in [1.165, 1.54) is 19.2 Å². The molecule has 1 atom stereocenters. The summed E-state index contributed by atoms with van der Waals surface area (Å²) in [6, 6.07) is 7.78. The number of halogens is 6. The number of pyridine rings is 1. The van der Waals surface area contributed by atoms with E-state index in [9.17, 15) is 32.3 Å². The van der Waals surface area contributed by atoms with Gasteiger partial charge in [0.1, 0.15) is 28.5 Å². The van der Waals surface area contributed by atoms with Gasteiger partial charge in [-0.2, -0.15) is 18.3 Å². The molecule has 0 aliphatic carbocycles. The van der Waals surface area contributed by atoms with Crippen molar-refractivity contribution in [2.24, 2.45) is 0 Å². The van der Waals surface area contributed by atoms with Crippen molar-refractivity contribution in [2.75, 3.05) is 13.7 Å². The van der Waals surface area contributed by atoms with E-state index in [2.05, 4.69) is 20.5 Å². The third-order valence-corrected chi connectivity index (χ3v) is 6.93. The summed E-state index contributed by atoms with van der Waals surface area (Å²) in [7, 11) is 1.28. The normalized spacial score (nSPS) is 13.3. The van der Waals surface area contributed by atoms with Crippen LogP contribution in [0, 0.1) is 24.4 Å². The van der Waals surface area contributed by atoms with Gasteiger partial charge in [-0.3, -0.25) is 9.59 Å². The van der Waals surface area contributed by atoms with Crippen molar-refractivity contribution in [3.63, 3.8) is 0 Å². The second-order valence-corrected chi connectivity index (χ2v) is 10.8. The van der Waals surface area contributed by atoms with E-state index in [1.807, 2.05) is 5.32 Å². The molecule has 238 valence electrons. The SMILES string of the molecule is COc1cc(C(=O)NCC(O)(c2nc(-c3ccc(F)cc3)c(F)c(C(C)(C)NC(C)=O)c2F)C(F)(F)F)cc2cc(C)nnc12. The molecule has 15 heteroatoms. The molecule has 2 aromatic heterocycles. The number of aryl methyl sites for hydroxylation is 1. The average molecular weight is 636 g/mol. The minimum Gasteiger partial charge on any atom is -0.494 e. The maximum absolute atomic E-state index is 16.1. The molecule has 0 aliphatic rings. The summed E-state index contributed by atoms with van der Waals surface area (Å²) in [5, 5.41) is 23.6. The predicted octanol–water partition coefficient (Wildman–Crippen LogP) is 4.98. The number of aromatic nitrogens is 3. The molecular weight excluding hydrogens is 608 g/mol. The highest BCUT2D eigenvalue weighted by Crippen LogP contribution is 2.43. The second kappa shape index (κ2) is 12.0. The molecular formula is C30H27F6N5O4. The number of alkyl halides is 3. The number of benzene rings is 2. The Kier molecular flexibility index (Phi) is 8.79. The maximum atomic E-state index is 16.1. The van der Waals surface area contributed by atoms with Gasteiger partial charge in [-0.15, -0.1) is 5.10 Å². The monoisotopic (exact) mass is 635 g/mol. The highest BCUT2D eigenvalue weighted by molar-refractivity contribution is 5.99. The van der Waals surface area contributed by atoms with Gasteiger partial charge in [-0.1, -0.05) is 0 Å². The number of ether oxygens (including phenoxy) is 1. The number of rotatable bonds is 8. The zero-order valence-corrected chi connectivity index (χ0v) is 24.5. The van der Waals surface area contributed by atoms with Gasteiger partial charge in [-0.05, 0) is 63.2 Å². The van der Waals surface area contributed by atoms with E-state index in [1.54, 1.807) is 13.0 Å². The minimum absolute atomic E-state index is 0.0799. The van der Waals surface area contributed by atoms with Gasteiger partial charge in [0.25, 0.3) is 5.91 Å². The molecule has 0 fully saturated rings. The van der Waals surface area contributed by atoms with E-state index >= 15 is 8.78 Å². The Morgan fingerprint density at radius 2 is 1.62 bits per heavy atom. The smallest absolute Gasteiger partial charge is 0.424 e. The molecule has 3 N–H and O–H groups in total. The zero-order chi connectivity index (χ0) is 33.5. The van der Waals surface area contributed by atoms with E-state index in [4.69, 9.17) is 4.74 Å². The van der Waals surface area contributed by atoms with Crippen LogP contribution >= 0.6 is 0 Å². The number of hydrogen-bond donors (Lipinski definition) is 3. The fourth-order valence-corrected chi connectivity index (χ4v) is 4.81. The standard InChI is InChI=1S/C30H27F6N5O4/c1-14-10-17-11-18(12-20(45-5)24(17)41-40-14)27(43)37-13-29(44,30(34,35)36)26-23(33)21(28(3,4)39-15(2)42)22(32)25(38-26)16-6-8-19(31)9-7-16/h6-12,44H,13H2,1-5H3,(H,37,43)(H,39,42). The van der Waals surface area contributed by atoms with E-state index in [-0.39, 0.29) is 22.4 Å². The minimum atomic E-state index is -5.69. The van der Waals surface area contributed by atoms with Crippen molar-refractivity contribution in [1.29, 1.82) is 0 Å². The lowest BCUT2D eigenvalue weighted by atomic mass is 9.87. The lowest BCUT2D eigenvalue weighted by Gasteiger charge is -2.34. The fraction of sp³-hybridized carbons (Fsp3) is 0.300. The summed E-state index contributed by atoms with van der Waals surface area (Å²) < 4.78 is 94.8. The summed E-state index contributed by atoms with van der Waals surface area (Å²) in [4.78, 5) is 28.5.